The molecule has 1 aliphatic carbocycles. The maximum Gasteiger partial charge on any atom is 0.0590 e. The molecule has 0 saturated heterocycles. The smallest absolute Gasteiger partial charge is 0.0590 e. The highest BCUT2D eigenvalue weighted by atomic mass is 16.5. The largest absolute Gasteiger partial charge is 0.383 e. The van der Waals surface area contributed by atoms with Gasteiger partial charge in [0.25, 0.3) is 0 Å². The average Bonchev–Trinajstić information content (AvgIpc) is 3.35. The molecule has 1 aromatic carbocycles. The van der Waals surface area contributed by atoms with Crippen LogP contribution in [-0.2, 0) is 4.74 Å². The lowest BCUT2D eigenvalue weighted by Gasteiger charge is -2.36. The van der Waals surface area contributed by atoms with Crippen molar-refractivity contribution in [3.05, 3.63) is 35.9 Å². The molecule has 0 aliphatic heterocycles. The van der Waals surface area contributed by atoms with Crippen molar-refractivity contribution >= 4 is 0 Å². The van der Waals surface area contributed by atoms with Gasteiger partial charge in [-0.05, 0) is 31.7 Å². The summed E-state index contributed by atoms with van der Waals surface area (Å²) in [6.45, 7) is 7.39. The van der Waals surface area contributed by atoms with E-state index in [0.29, 0.717) is 12.1 Å². The maximum absolute atomic E-state index is 5.33. The molecule has 2 unspecified atom stereocenters. The van der Waals surface area contributed by atoms with Gasteiger partial charge in [-0.2, -0.15) is 0 Å². The molecule has 2 rings (SSSR count). The van der Waals surface area contributed by atoms with Gasteiger partial charge in [0.1, 0.15) is 0 Å². The van der Waals surface area contributed by atoms with E-state index in [1.807, 2.05) is 0 Å². The van der Waals surface area contributed by atoms with Crippen LogP contribution < -0.4 is 5.32 Å². The minimum absolute atomic E-state index is 0.428. The second-order valence-corrected chi connectivity index (χ2v) is 6.10. The van der Waals surface area contributed by atoms with Crippen LogP contribution in [0.2, 0.25) is 0 Å². The Hall–Kier alpha value is -0.900. The fraction of sp³-hybridized carbons (Fsp3) is 0.667. The molecule has 1 aromatic rings. The summed E-state index contributed by atoms with van der Waals surface area (Å²) >= 11 is 0. The zero-order valence-corrected chi connectivity index (χ0v) is 13.7. The maximum atomic E-state index is 5.33. The van der Waals surface area contributed by atoms with Crippen LogP contribution in [0, 0.1) is 0 Å². The summed E-state index contributed by atoms with van der Waals surface area (Å²) in [7, 11) is 1.79. The Labute approximate surface area is 129 Å². The van der Waals surface area contributed by atoms with Gasteiger partial charge < -0.3 is 10.1 Å². The van der Waals surface area contributed by atoms with Crippen LogP contribution in [0.5, 0.6) is 0 Å². The molecule has 0 spiro atoms. The molecule has 1 aliphatic rings. The molecule has 0 bridgehead atoms. The van der Waals surface area contributed by atoms with Crippen molar-refractivity contribution in [3.63, 3.8) is 0 Å². The Kier molecular flexibility index (Phi) is 6.68. The van der Waals surface area contributed by atoms with Gasteiger partial charge in [0.15, 0.2) is 0 Å². The molecule has 118 valence electrons. The number of rotatable bonds is 10. The number of ether oxygens (including phenoxy) is 1. The molecule has 0 heterocycles. The number of nitrogens with one attached hydrogen (secondary N) is 1. The molecule has 1 saturated carbocycles. The summed E-state index contributed by atoms with van der Waals surface area (Å²) < 4.78 is 5.33. The standard InChI is InChI=1S/C18H30N2O/c1-4-15(2)20(12-13-21-3)18(14-19-17-10-11-17)16-8-6-5-7-9-16/h5-9,15,17-19H,4,10-14H2,1-3H3. The molecule has 0 amide bonds. The van der Waals surface area contributed by atoms with Crippen molar-refractivity contribution < 1.29 is 4.74 Å². The quantitative estimate of drug-likeness (QED) is 0.716. The first-order valence-electron chi connectivity index (χ1n) is 8.29. The number of nitrogens with zero attached hydrogens (tertiary/aromatic N) is 1. The average molecular weight is 290 g/mol. The van der Waals surface area contributed by atoms with Crippen molar-refractivity contribution in [3.8, 4) is 0 Å². The van der Waals surface area contributed by atoms with E-state index in [9.17, 15) is 0 Å². The van der Waals surface area contributed by atoms with E-state index in [-0.39, 0.29) is 0 Å². The van der Waals surface area contributed by atoms with Crippen molar-refractivity contribution in [2.45, 2.75) is 51.2 Å². The zero-order chi connectivity index (χ0) is 15.1. The Morgan fingerprint density at radius 2 is 2.00 bits per heavy atom. The highest BCUT2D eigenvalue weighted by Crippen LogP contribution is 2.26. The predicted octanol–water partition coefficient (Wildman–Crippen LogP) is 3.23. The first-order valence-corrected chi connectivity index (χ1v) is 8.29. The van der Waals surface area contributed by atoms with Gasteiger partial charge in [-0.25, -0.2) is 0 Å². The zero-order valence-electron chi connectivity index (χ0n) is 13.7. The minimum atomic E-state index is 0.428. The lowest BCUT2D eigenvalue weighted by molar-refractivity contribution is 0.0866. The number of hydrogen-bond donors (Lipinski definition) is 1. The van der Waals surface area contributed by atoms with Crippen LogP contribution in [0.25, 0.3) is 0 Å². The molecule has 3 nitrogen and oxygen atoms in total. The number of hydrogen-bond acceptors (Lipinski definition) is 3. The summed E-state index contributed by atoms with van der Waals surface area (Å²) in [4.78, 5) is 2.59. The number of methoxy groups -OCH3 is 1. The third kappa shape index (κ3) is 5.10. The van der Waals surface area contributed by atoms with E-state index in [2.05, 4.69) is 54.4 Å². The third-order valence-corrected chi connectivity index (χ3v) is 4.47. The van der Waals surface area contributed by atoms with Gasteiger partial charge >= 0.3 is 0 Å². The highest BCUT2D eigenvalue weighted by Gasteiger charge is 2.27. The van der Waals surface area contributed by atoms with Crippen LogP contribution in [-0.4, -0.2) is 43.8 Å². The van der Waals surface area contributed by atoms with Crippen molar-refractivity contribution in [2.75, 3.05) is 26.8 Å². The second-order valence-electron chi connectivity index (χ2n) is 6.10. The lowest BCUT2D eigenvalue weighted by atomic mass is 10.0. The van der Waals surface area contributed by atoms with Gasteiger partial charge in [-0.3, -0.25) is 4.90 Å². The van der Waals surface area contributed by atoms with E-state index in [4.69, 9.17) is 4.74 Å². The van der Waals surface area contributed by atoms with Gasteiger partial charge in [-0.15, -0.1) is 0 Å². The molecule has 0 radical (unpaired) electrons. The summed E-state index contributed by atoms with van der Waals surface area (Å²) in [5, 5.41) is 3.71. The summed E-state index contributed by atoms with van der Waals surface area (Å²) in [6, 6.07) is 12.6. The summed E-state index contributed by atoms with van der Waals surface area (Å²) in [5.41, 5.74) is 1.40. The second kappa shape index (κ2) is 8.52. The van der Waals surface area contributed by atoms with Gasteiger partial charge in [0.2, 0.25) is 0 Å². The minimum Gasteiger partial charge on any atom is -0.383 e. The van der Waals surface area contributed by atoms with Crippen LogP contribution in [0.15, 0.2) is 30.3 Å². The van der Waals surface area contributed by atoms with E-state index < -0.39 is 0 Å². The van der Waals surface area contributed by atoms with E-state index >= 15 is 0 Å². The Bertz CT molecular complexity index is 391. The van der Waals surface area contributed by atoms with Gasteiger partial charge in [0.05, 0.1) is 6.61 Å². The van der Waals surface area contributed by atoms with Crippen LogP contribution in [0.3, 0.4) is 0 Å². The molecular weight excluding hydrogens is 260 g/mol. The number of benzene rings is 1. The fourth-order valence-corrected chi connectivity index (χ4v) is 2.78. The van der Waals surface area contributed by atoms with Crippen molar-refractivity contribution in [2.24, 2.45) is 0 Å². The normalized spacial score (nSPS) is 17.9. The van der Waals surface area contributed by atoms with Gasteiger partial charge in [0, 0.05) is 38.3 Å². The molecule has 0 aromatic heterocycles. The molecule has 3 heteroatoms. The van der Waals surface area contributed by atoms with Gasteiger partial charge in [-0.1, -0.05) is 37.3 Å². The predicted molar refractivity (Wildman–Crippen MR) is 88.5 cm³/mol. The molecule has 2 atom stereocenters. The third-order valence-electron chi connectivity index (χ3n) is 4.47. The fourth-order valence-electron chi connectivity index (χ4n) is 2.78. The topological polar surface area (TPSA) is 24.5 Å². The first-order chi connectivity index (χ1) is 10.3. The van der Waals surface area contributed by atoms with Crippen LogP contribution in [0.4, 0.5) is 0 Å². The monoisotopic (exact) mass is 290 g/mol. The van der Waals surface area contributed by atoms with Crippen LogP contribution in [0.1, 0.15) is 44.7 Å². The highest BCUT2D eigenvalue weighted by molar-refractivity contribution is 5.20. The summed E-state index contributed by atoms with van der Waals surface area (Å²) in [6.07, 6.45) is 3.84. The SMILES string of the molecule is CCC(C)N(CCOC)C(CNC1CC1)c1ccccc1. The van der Waals surface area contributed by atoms with E-state index in [0.717, 1.165) is 32.2 Å². The Morgan fingerprint density at radius 1 is 1.29 bits per heavy atom. The molecule has 21 heavy (non-hydrogen) atoms. The van der Waals surface area contributed by atoms with Crippen molar-refractivity contribution in [1.29, 1.82) is 0 Å². The molecular formula is C18H30N2O. The summed E-state index contributed by atoms with van der Waals surface area (Å²) in [5.74, 6) is 0. The van der Waals surface area contributed by atoms with Crippen molar-refractivity contribution in [1.82, 2.24) is 10.2 Å². The van der Waals surface area contributed by atoms with Crippen LogP contribution >= 0.6 is 0 Å². The van der Waals surface area contributed by atoms with E-state index in [1.54, 1.807) is 7.11 Å². The lowest BCUT2D eigenvalue weighted by Crippen LogP contribution is -2.43. The first kappa shape index (κ1) is 16.5. The Morgan fingerprint density at radius 3 is 2.57 bits per heavy atom. The molecule has 1 fully saturated rings. The van der Waals surface area contributed by atoms with E-state index in [1.165, 1.54) is 18.4 Å². The Balaban J connectivity index is 2.12. The molecule has 1 N–H and O–H groups in total.